The minimum atomic E-state index is -0.160. The van der Waals surface area contributed by atoms with Crippen LogP contribution in [0.1, 0.15) is 34.1 Å². The zero-order chi connectivity index (χ0) is 19.0. The van der Waals surface area contributed by atoms with Crippen LogP contribution < -0.4 is 11.1 Å². The summed E-state index contributed by atoms with van der Waals surface area (Å²) in [6.07, 6.45) is 2.38. The lowest BCUT2D eigenvalue weighted by molar-refractivity contribution is -0.0502. The molecular weight excluding hydrogens is 366 g/mol. The number of hydrogen-bond donors (Lipinski definition) is 2. The second-order valence-electron chi connectivity index (χ2n) is 7.11. The number of morpholine rings is 1. The quantitative estimate of drug-likeness (QED) is 0.836. The number of ether oxygens (including phenoxy) is 1. The van der Waals surface area contributed by atoms with Crippen molar-refractivity contribution in [3.8, 4) is 0 Å². The van der Waals surface area contributed by atoms with Crippen molar-refractivity contribution in [3.63, 3.8) is 0 Å². The molecule has 2 aromatic rings. The van der Waals surface area contributed by atoms with Gasteiger partial charge in [-0.15, -0.1) is 0 Å². The third-order valence-corrected chi connectivity index (χ3v) is 5.49. The largest absolute Gasteiger partial charge is 0.371 e. The van der Waals surface area contributed by atoms with E-state index in [1.807, 2.05) is 24.3 Å². The Morgan fingerprint density at radius 2 is 2.11 bits per heavy atom. The first-order valence-corrected chi connectivity index (χ1v) is 9.38. The predicted molar refractivity (Wildman–Crippen MR) is 103 cm³/mol. The standard InChI is InChI=1S/C19H22ClN5O2/c1-11-16(7-22-19(21)23-11)18(26)24-14-6-15-10-27-17(9-25(15)8-14)12-2-4-13(20)5-3-12/h2-5,7,14-15,17H,6,8-10H2,1H3,(H,24,26)(H2,21,22,23)/t14-,15-,17+/m0/s1. The average Bonchev–Trinajstić information content (AvgIpc) is 3.03. The third kappa shape index (κ3) is 3.90. The maximum Gasteiger partial charge on any atom is 0.254 e. The van der Waals surface area contributed by atoms with E-state index in [0.29, 0.717) is 23.9 Å². The summed E-state index contributed by atoms with van der Waals surface area (Å²) in [7, 11) is 0. The van der Waals surface area contributed by atoms with Gasteiger partial charge in [-0.3, -0.25) is 9.69 Å². The van der Waals surface area contributed by atoms with Gasteiger partial charge in [0.25, 0.3) is 5.91 Å². The first-order chi connectivity index (χ1) is 13.0. The topological polar surface area (TPSA) is 93.4 Å². The highest BCUT2D eigenvalue weighted by Gasteiger charge is 2.38. The SMILES string of the molecule is Cc1nc(N)ncc1C(=O)N[C@H]1C[C@H]2CO[C@@H](c3ccc(Cl)cc3)CN2C1. The van der Waals surface area contributed by atoms with Gasteiger partial charge in [-0.1, -0.05) is 23.7 Å². The Labute approximate surface area is 162 Å². The van der Waals surface area contributed by atoms with Gasteiger partial charge in [0, 0.05) is 36.4 Å². The Balaban J connectivity index is 1.38. The van der Waals surface area contributed by atoms with E-state index in [2.05, 4.69) is 20.2 Å². The van der Waals surface area contributed by atoms with Gasteiger partial charge in [-0.2, -0.15) is 0 Å². The number of fused-ring (bicyclic) bond motifs is 1. The fraction of sp³-hybridized carbons (Fsp3) is 0.421. The van der Waals surface area contributed by atoms with E-state index in [4.69, 9.17) is 22.1 Å². The summed E-state index contributed by atoms with van der Waals surface area (Å²) in [6.45, 7) is 4.03. The maximum atomic E-state index is 12.6. The van der Waals surface area contributed by atoms with Crippen molar-refractivity contribution >= 4 is 23.5 Å². The second kappa shape index (κ2) is 7.42. The molecule has 1 aromatic heterocycles. The van der Waals surface area contributed by atoms with Crippen LogP contribution in [0, 0.1) is 6.92 Å². The van der Waals surface area contributed by atoms with Gasteiger partial charge in [-0.05, 0) is 31.0 Å². The van der Waals surface area contributed by atoms with E-state index in [-0.39, 0.29) is 24.0 Å². The Hall–Kier alpha value is -2.22. The minimum Gasteiger partial charge on any atom is -0.371 e. The number of amides is 1. The van der Waals surface area contributed by atoms with E-state index < -0.39 is 0 Å². The normalized spacial score (nSPS) is 25.2. The van der Waals surface area contributed by atoms with Crippen molar-refractivity contribution in [2.24, 2.45) is 0 Å². The Kier molecular flexibility index (Phi) is 4.99. The number of nitrogens with one attached hydrogen (secondary N) is 1. The highest BCUT2D eigenvalue weighted by atomic mass is 35.5. The fourth-order valence-electron chi connectivity index (χ4n) is 3.83. The van der Waals surface area contributed by atoms with E-state index in [9.17, 15) is 4.79 Å². The monoisotopic (exact) mass is 387 g/mol. The summed E-state index contributed by atoms with van der Waals surface area (Å²) >= 11 is 5.97. The molecule has 3 atom stereocenters. The molecule has 3 N–H and O–H groups in total. The Bertz CT molecular complexity index is 844. The van der Waals surface area contributed by atoms with Crippen molar-refractivity contribution in [1.29, 1.82) is 0 Å². The van der Waals surface area contributed by atoms with Gasteiger partial charge >= 0.3 is 0 Å². The van der Waals surface area contributed by atoms with Crippen molar-refractivity contribution in [2.45, 2.75) is 31.5 Å². The first kappa shape index (κ1) is 18.2. The molecule has 1 amide bonds. The molecule has 8 heteroatoms. The summed E-state index contributed by atoms with van der Waals surface area (Å²) < 4.78 is 6.06. The van der Waals surface area contributed by atoms with E-state index in [1.165, 1.54) is 6.20 Å². The molecule has 0 unspecified atom stereocenters. The number of carbonyl (C=O) groups excluding carboxylic acids is 1. The molecule has 0 aliphatic carbocycles. The number of benzene rings is 1. The summed E-state index contributed by atoms with van der Waals surface area (Å²) in [5.41, 5.74) is 7.73. The number of anilines is 1. The van der Waals surface area contributed by atoms with Gasteiger partial charge in [0.15, 0.2) is 0 Å². The van der Waals surface area contributed by atoms with Crippen molar-refractivity contribution in [3.05, 3.63) is 52.3 Å². The number of nitrogens with two attached hydrogens (primary N) is 1. The van der Waals surface area contributed by atoms with E-state index >= 15 is 0 Å². The predicted octanol–water partition coefficient (Wildman–Crippen LogP) is 1.96. The molecule has 0 saturated carbocycles. The van der Waals surface area contributed by atoms with E-state index in [1.54, 1.807) is 6.92 Å². The molecule has 27 heavy (non-hydrogen) atoms. The van der Waals surface area contributed by atoms with Crippen molar-refractivity contribution < 1.29 is 9.53 Å². The number of rotatable bonds is 3. The molecule has 0 radical (unpaired) electrons. The Morgan fingerprint density at radius 3 is 2.85 bits per heavy atom. The van der Waals surface area contributed by atoms with Crippen molar-refractivity contribution in [1.82, 2.24) is 20.2 Å². The molecule has 3 heterocycles. The number of halogens is 1. The van der Waals surface area contributed by atoms with Crippen LogP contribution >= 0.6 is 11.6 Å². The molecule has 0 bridgehead atoms. The van der Waals surface area contributed by atoms with Crippen LogP contribution in [-0.2, 0) is 4.74 Å². The number of carbonyl (C=O) groups is 1. The minimum absolute atomic E-state index is 0.0284. The summed E-state index contributed by atoms with van der Waals surface area (Å²) in [5, 5.41) is 3.82. The van der Waals surface area contributed by atoms with Gasteiger partial charge < -0.3 is 15.8 Å². The van der Waals surface area contributed by atoms with Gasteiger partial charge in [0.2, 0.25) is 5.95 Å². The number of aromatic nitrogens is 2. The molecule has 2 fully saturated rings. The van der Waals surface area contributed by atoms with Crippen LogP contribution in [0.5, 0.6) is 0 Å². The lowest BCUT2D eigenvalue weighted by Gasteiger charge is -2.35. The first-order valence-electron chi connectivity index (χ1n) is 9.00. The number of hydrogen-bond acceptors (Lipinski definition) is 6. The highest BCUT2D eigenvalue weighted by Crippen LogP contribution is 2.31. The zero-order valence-corrected chi connectivity index (χ0v) is 15.8. The van der Waals surface area contributed by atoms with Crippen molar-refractivity contribution in [2.75, 3.05) is 25.4 Å². The molecular formula is C19H22ClN5O2. The maximum absolute atomic E-state index is 12.6. The lowest BCUT2D eigenvalue weighted by atomic mass is 10.1. The summed E-state index contributed by atoms with van der Waals surface area (Å²) in [4.78, 5) is 22.9. The van der Waals surface area contributed by atoms with E-state index in [0.717, 1.165) is 30.1 Å². The third-order valence-electron chi connectivity index (χ3n) is 5.24. The highest BCUT2D eigenvalue weighted by molar-refractivity contribution is 6.30. The Morgan fingerprint density at radius 1 is 1.33 bits per heavy atom. The number of nitrogen functional groups attached to an aromatic ring is 1. The molecule has 1 aromatic carbocycles. The zero-order valence-electron chi connectivity index (χ0n) is 15.1. The van der Waals surface area contributed by atoms with Crippen LogP contribution in [0.3, 0.4) is 0 Å². The molecule has 0 spiro atoms. The van der Waals surface area contributed by atoms with Gasteiger partial charge in [-0.25, -0.2) is 9.97 Å². The van der Waals surface area contributed by atoms with Crippen LogP contribution in [0.2, 0.25) is 5.02 Å². The smallest absolute Gasteiger partial charge is 0.254 e. The fourth-order valence-corrected chi connectivity index (χ4v) is 3.95. The number of aryl methyl sites for hydroxylation is 1. The van der Waals surface area contributed by atoms with Crippen LogP contribution in [-0.4, -0.2) is 52.6 Å². The van der Waals surface area contributed by atoms with Crippen LogP contribution in [0.15, 0.2) is 30.5 Å². The van der Waals surface area contributed by atoms with Gasteiger partial charge in [0.1, 0.15) is 0 Å². The number of nitrogens with zero attached hydrogens (tertiary/aromatic N) is 3. The average molecular weight is 388 g/mol. The van der Waals surface area contributed by atoms with Crippen LogP contribution in [0.4, 0.5) is 5.95 Å². The lowest BCUT2D eigenvalue weighted by Crippen LogP contribution is -2.43. The molecule has 2 aliphatic heterocycles. The molecule has 7 nitrogen and oxygen atoms in total. The molecule has 2 saturated heterocycles. The molecule has 142 valence electrons. The summed E-state index contributed by atoms with van der Waals surface area (Å²) in [5.74, 6) is 0.0138. The molecule has 2 aliphatic rings. The second-order valence-corrected chi connectivity index (χ2v) is 7.55. The van der Waals surface area contributed by atoms with Crippen LogP contribution in [0.25, 0.3) is 0 Å². The van der Waals surface area contributed by atoms with Gasteiger partial charge in [0.05, 0.1) is 24.0 Å². The molecule has 4 rings (SSSR count). The summed E-state index contributed by atoms with van der Waals surface area (Å²) in [6, 6.07) is 8.18.